The summed E-state index contributed by atoms with van der Waals surface area (Å²) in [6.45, 7) is 0.187. The quantitative estimate of drug-likeness (QED) is 0.690. The molecule has 0 aliphatic carbocycles. The number of rotatable bonds is 4. The molecule has 0 saturated carbocycles. The van der Waals surface area contributed by atoms with Gasteiger partial charge in [-0.15, -0.1) is 0 Å². The van der Waals surface area contributed by atoms with Gasteiger partial charge in [-0.05, 0) is 17.7 Å². The van der Waals surface area contributed by atoms with Crippen LogP contribution < -0.4 is 15.7 Å². The lowest BCUT2D eigenvalue weighted by atomic mass is 10.2. The number of hydrogen-bond acceptors (Lipinski definition) is 5. The predicted molar refractivity (Wildman–Crippen MR) is 98.6 cm³/mol. The van der Waals surface area contributed by atoms with Crippen LogP contribution in [0.4, 0.5) is 5.69 Å². The van der Waals surface area contributed by atoms with Crippen molar-refractivity contribution in [2.75, 3.05) is 11.0 Å². The monoisotopic (exact) mass is 395 g/mol. The summed E-state index contributed by atoms with van der Waals surface area (Å²) in [6, 6.07) is 6.93. The second kappa shape index (κ2) is 6.50. The average Bonchev–Trinajstić information content (AvgIpc) is 2.53. The Morgan fingerprint density at radius 1 is 1.23 bits per heavy atom. The van der Waals surface area contributed by atoms with E-state index in [0.29, 0.717) is 5.02 Å². The minimum atomic E-state index is -3.72. The molecule has 136 valence electrons. The number of aromatic hydroxyl groups is 1. The number of fused-ring (bicyclic) bond motifs is 1. The van der Waals surface area contributed by atoms with Crippen LogP contribution in [0.25, 0.3) is 5.52 Å². The molecule has 0 aliphatic rings. The third kappa shape index (κ3) is 3.58. The molecule has 0 fully saturated rings. The average molecular weight is 396 g/mol. The zero-order chi connectivity index (χ0) is 19.1. The van der Waals surface area contributed by atoms with Gasteiger partial charge in [-0.3, -0.25) is 14.3 Å². The summed E-state index contributed by atoms with van der Waals surface area (Å²) in [5.74, 6) is -0.830. The Morgan fingerprint density at radius 2 is 1.96 bits per heavy atom. The minimum Gasteiger partial charge on any atom is -0.502 e. The summed E-state index contributed by atoms with van der Waals surface area (Å²) < 4.78 is 27.2. The molecule has 0 amide bonds. The van der Waals surface area contributed by atoms with Crippen LogP contribution >= 0.6 is 11.6 Å². The van der Waals surface area contributed by atoms with Gasteiger partial charge in [-0.25, -0.2) is 8.42 Å². The van der Waals surface area contributed by atoms with Crippen molar-refractivity contribution in [3.8, 4) is 5.75 Å². The molecule has 0 aliphatic heterocycles. The molecule has 2 aromatic heterocycles. The number of anilines is 1. The van der Waals surface area contributed by atoms with Gasteiger partial charge in [0.05, 0.1) is 12.8 Å². The molecule has 10 heteroatoms. The summed E-state index contributed by atoms with van der Waals surface area (Å²) in [5.41, 5.74) is -1.42. The van der Waals surface area contributed by atoms with Gasteiger partial charge in [0.15, 0.2) is 11.3 Å². The van der Waals surface area contributed by atoms with E-state index in [9.17, 15) is 23.1 Å². The van der Waals surface area contributed by atoms with Crippen molar-refractivity contribution in [1.82, 2.24) is 8.97 Å². The Hall–Kier alpha value is -2.78. The Morgan fingerprint density at radius 3 is 2.62 bits per heavy atom. The van der Waals surface area contributed by atoms with Crippen LogP contribution in [0.3, 0.4) is 0 Å². The van der Waals surface area contributed by atoms with Crippen molar-refractivity contribution in [1.29, 1.82) is 0 Å². The molecule has 0 unspecified atom stereocenters. The summed E-state index contributed by atoms with van der Waals surface area (Å²) >= 11 is 5.93. The standard InChI is InChI=1S/C16H14ClN3O5S/c1-26(24,25)18-12-9-19-5-6-20(8-10-3-2-4-11(17)7-10)16(23)13(19)15(22)14(12)21/h2-7,9,18,22H,8H2,1H3. The molecular weight excluding hydrogens is 382 g/mol. The predicted octanol–water partition coefficient (Wildman–Crippen LogP) is 1.24. The zero-order valence-corrected chi connectivity index (χ0v) is 15.1. The van der Waals surface area contributed by atoms with Gasteiger partial charge in [0.25, 0.3) is 5.56 Å². The summed E-state index contributed by atoms with van der Waals surface area (Å²) in [7, 11) is -3.72. The molecule has 26 heavy (non-hydrogen) atoms. The lowest BCUT2D eigenvalue weighted by molar-refractivity contribution is 0.472. The molecule has 8 nitrogen and oxygen atoms in total. The van der Waals surface area contributed by atoms with Gasteiger partial charge in [0.1, 0.15) is 5.69 Å². The van der Waals surface area contributed by atoms with Gasteiger partial charge >= 0.3 is 0 Å². The maximum absolute atomic E-state index is 12.7. The van der Waals surface area contributed by atoms with Crippen molar-refractivity contribution in [3.05, 3.63) is 74.0 Å². The van der Waals surface area contributed by atoms with Crippen LogP contribution in [-0.2, 0) is 16.6 Å². The fourth-order valence-corrected chi connectivity index (χ4v) is 3.29. The van der Waals surface area contributed by atoms with E-state index in [1.807, 2.05) is 4.72 Å². The summed E-state index contributed by atoms with van der Waals surface area (Å²) in [4.78, 5) is 24.8. The number of aromatic nitrogens is 2. The molecule has 0 bridgehead atoms. The van der Waals surface area contributed by atoms with Crippen LogP contribution in [0.15, 0.2) is 52.4 Å². The van der Waals surface area contributed by atoms with E-state index in [-0.39, 0.29) is 17.7 Å². The summed E-state index contributed by atoms with van der Waals surface area (Å²) in [6.07, 6.45) is 4.92. The van der Waals surface area contributed by atoms with Gasteiger partial charge < -0.3 is 14.1 Å². The molecular formula is C16H14ClN3O5S. The first-order valence-corrected chi connectivity index (χ1v) is 9.62. The SMILES string of the molecule is CS(=O)(=O)Nc1cn2ccn(Cc3cccc(Cl)c3)c(=O)c2c(O)c1=O. The fourth-order valence-electron chi connectivity index (χ4n) is 2.53. The van der Waals surface area contributed by atoms with Crippen LogP contribution in [-0.4, -0.2) is 28.7 Å². The Kier molecular flexibility index (Phi) is 4.51. The maximum atomic E-state index is 12.7. The largest absolute Gasteiger partial charge is 0.502 e. The smallest absolute Gasteiger partial charge is 0.279 e. The molecule has 0 spiro atoms. The zero-order valence-electron chi connectivity index (χ0n) is 13.5. The van der Waals surface area contributed by atoms with Gasteiger partial charge in [0, 0.05) is 23.6 Å². The van der Waals surface area contributed by atoms with Crippen LogP contribution in [0.1, 0.15) is 5.56 Å². The minimum absolute atomic E-state index is 0.187. The number of benzene rings is 1. The highest BCUT2D eigenvalue weighted by Crippen LogP contribution is 2.15. The van der Waals surface area contributed by atoms with Crippen LogP contribution in [0, 0.1) is 0 Å². The highest BCUT2D eigenvalue weighted by Gasteiger charge is 2.16. The number of nitrogens with zero attached hydrogens (tertiary/aromatic N) is 2. The number of halogens is 1. The molecule has 1 aromatic carbocycles. The van der Waals surface area contributed by atoms with E-state index in [0.717, 1.165) is 18.0 Å². The molecule has 2 N–H and O–H groups in total. The van der Waals surface area contributed by atoms with Crippen molar-refractivity contribution in [3.63, 3.8) is 0 Å². The number of nitrogens with one attached hydrogen (secondary N) is 1. The number of pyridine rings is 1. The third-order valence-electron chi connectivity index (χ3n) is 3.62. The van der Waals surface area contributed by atoms with Gasteiger partial charge in [0.2, 0.25) is 15.5 Å². The van der Waals surface area contributed by atoms with E-state index in [2.05, 4.69) is 0 Å². The van der Waals surface area contributed by atoms with Crippen molar-refractivity contribution >= 4 is 32.8 Å². The highest BCUT2D eigenvalue weighted by atomic mass is 35.5. The first-order chi connectivity index (χ1) is 12.2. The molecule has 3 aromatic rings. The number of sulfonamides is 1. The third-order valence-corrected chi connectivity index (χ3v) is 4.44. The first-order valence-electron chi connectivity index (χ1n) is 7.35. The Bertz CT molecular complexity index is 1230. The van der Waals surface area contributed by atoms with Crippen molar-refractivity contribution < 1.29 is 13.5 Å². The summed E-state index contributed by atoms with van der Waals surface area (Å²) in [5, 5.41) is 10.7. The highest BCUT2D eigenvalue weighted by molar-refractivity contribution is 7.92. The molecule has 0 saturated heterocycles. The second-order valence-electron chi connectivity index (χ2n) is 5.71. The van der Waals surface area contributed by atoms with Crippen molar-refractivity contribution in [2.24, 2.45) is 0 Å². The lowest BCUT2D eigenvalue weighted by Crippen LogP contribution is -2.25. The molecule has 3 rings (SSSR count). The molecule has 2 heterocycles. The van der Waals surface area contributed by atoms with Crippen LogP contribution in [0.2, 0.25) is 5.02 Å². The molecule has 0 atom stereocenters. The van der Waals surface area contributed by atoms with E-state index < -0.39 is 26.8 Å². The Labute approximate surface area is 153 Å². The van der Waals surface area contributed by atoms with Gasteiger partial charge in [-0.1, -0.05) is 23.7 Å². The van der Waals surface area contributed by atoms with E-state index in [1.165, 1.54) is 21.4 Å². The van der Waals surface area contributed by atoms with Gasteiger partial charge in [-0.2, -0.15) is 0 Å². The van der Waals surface area contributed by atoms with E-state index in [4.69, 9.17) is 11.6 Å². The van der Waals surface area contributed by atoms with E-state index in [1.54, 1.807) is 24.3 Å². The maximum Gasteiger partial charge on any atom is 0.279 e. The topological polar surface area (TPSA) is 110 Å². The Balaban J connectivity index is 2.15. The first kappa shape index (κ1) is 18.0. The van der Waals surface area contributed by atoms with Crippen molar-refractivity contribution in [2.45, 2.75) is 6.54 Å². The second-order valence-corrected chi connectivity index (χ2v) is 7.90. The van der Waals surface area contributed by atoms with E-state index >= 15 is 0 Å². The fraction of sp³-hybridized carbons (Fsp3) is 0.125. The lowest BCUT2D eigenvalue weighted by Gasteiger charge is -2.11. The normalized spacial score (nSPS) is 11.6. The number of hydrogen-bond donors (Lipinski definition) is 2. The van der Waals surface area contributed by atoms with Crippen LogP contribution in [0.5, 0.6) is 5.75 Å². The molecule has 0 radical (unpaired) electrons.